The Kier molecular flexibility index (Phi) is 4.84. The van der Waals surface area contributed by atoms with Gasteiger partial charge in [-0.05, 0) is 56.1 Å². The molecule has 0 aliphatic rings. The van der Waals surface area contributed by atoms with Crippen LogP contribution in [0, 0.1) is 0 Å². The molecule has 0 saturated carbocycles. The largest absolute Gasteiger partial charge is 0.319 e. The summed E-state index contributed by atoms with van der Waals surface area (Å²) in [6.45, 7) is 0. The Balaban J connectivity index is 2.34. The molecule has 1 heterocycles. The lowest BCUT2D eigenvalue weighted by Gasteiger charge is -2.10. The van der Waals surface area contributed by atoms with Gasteiger partial charge >= 0.3 is 0 Å². The lowest BCUT2D eigenvalue weighted by Crippen LogP contribution is -2.15. The molecule has 7 heteroatoms. The van der Waals surface area contributed by atoms with Crippen molar-refractivity contribution in [2.45, 2.75) is 0 Å². The predicted molar refractivity (Wildman–Crippen MR) is 84.1 cm³/mol. The van der Waals surface area contributed by atoms with Gasteiger partial charge in [0, 0.05) is 8.95 Å². The Hall–Kier alpha value is -0.620. The first-order chi connectivity index (χ1) is 8.99. The van der Waals surface area contributed by atoms with Crippen molar-refractivity contribution in [2.24, 2.45) is 0 Å². The maximum Gasteiger partial charge on any atom is 0.275 e. The number of carbonyl (C=O) groups is 1. The fourth-order valence-corrected chi connectivity index (χ4v) is 2.90. The summed E-state index contributed by atoms with van der Waals surface area (Å²) in [5.41, 5.74) is 0.683. The summed E-state index contributed by atoms with van der Waals surface area (Å²) in [6, 6.07) is 8.52. The fraction of sp³-hybridized carbons (Fsp3) is 0. The zero-order valence-corrected chi connectivity index (χ0v) is 13.9. The van der Waals surface area contributed by atoms with Crippen LogP contribution >= 0.6 is 55.1 Å². The molecule has 0 unspecified atom stereocenters. The van der Waals surface area contributed by atoms with Gasteiger partial charge in [-0.15, -0.1) is 0 Å². The quantitative estimate of drug-likeness (QED) is 0.676. The number of nitrogens with zero attached hydrogens (tertiary/aromatic N) is 1. The maximum absolute atomic E-state index is 12.1. The molecule has 0 atom stereocenters. The molecule has 0 bridgehead atoms. The Bertz CT molecular complexity index is 629. The number of amides is 1. The first-order valence-corrected chi connectivity index (χ1v) is 7.40. The second-order valence-electron chi connectivity index (χ2n) is 3.52. The molecule has 1 amide bonds. The number of nitrogens with one attached hydrogen (secondary N) is 1. The van der Waals surface area contributed by atoms with Gasteiger partial charge in [0.05, 0.1) is 10.7 Å². The van der Waals surface area contributed by atoms with Crippen LogP contribution < -0.4 is 5.32 Å². The molecule has 98 valence electrons. The third-order valence-corrected chi connectivity index (χ3v) is 4.07. The summed E-state index contributed by atoms with van der Waals surface area (Å²) >= 11 is 18.4. The van der Waals surface area contributed by atoms with Crippen LogP contribution in [0.25, 0.3) is 0 Å². The highest BCUT2D eigenvalue weighted by atomic mass is 79.9. The molecule has 0 aliphatic carbocycles. The molecule has 0 aliphatic heterocycles. The van der Waals surface area contributed by atoms with E-state index in [-0.39, 0.29) is 15.9 Å². The smallest absolute Gasteiger partial charge is 0.275 e. The Morgan fingerprint density at radius 1 is 1.11 bits per heavy atom. The van der Waals surface area contributed by atoms with E-state index in [9.17, 15) is 4.79 Å². The van der Waals surface area contributed by atoms with E-state index in [1.165, 1.54) is 12.1 Å². The van der Waals surface area contributed by atoms with E-state index in [1.54, 1.807) is 0 Å². The predicted octanol–water partition coefficient (Wildman–Crippen LogP) is 5.17. The third kappa shape index (κ3) is 3.48. The highest BCUT2D eigenvalue weighted by Gasteiger charge is 2.15. The van der Waals surface area contributed by atoms with Crippen LogP contribution in [-0.2, 0) is 0 Å². The van der Waals surface area contributed by atoms with Crippen LogP contribution in [0.5, 0.6) is 0 Å². The molecule has 1 N–H and O–H groups in total. The topological polar surface area (TPSA) is 42.0 Å². The third-order valence-electron chi connectivity index (χ3n) is 2.23. The number of aromatic nitrogens is 1. The number of hydrogen-bond donors (Lipinski definition) is 1. The summed E-state index contributed by atoms with van der Waals surface area (Å²) in [4.78, 5) is 16.1. The number of para-hydroxylation sites is 1. The molecule has 1 aromatic heterocycles. The Labute approximate surface area is 136 Å². The van der Waals surface area contributed by atoms with Crippen molar-refractivity contribution in [1.29, 1.82) is 0 Å². The second kappa shape index (κ2) is 6.22. The van der Waals surface area contributed by atoms with E-state index in [0.29, 0.717) is 5.69 Å². The molecule has 19 heavy (non-hydrogen) atoms. The van der Waals surface area contributed by atoms with E-state index in [0.717, 1.165) is 8.95 Å². The van der Waals surface area contributed by atoms with Gasteiger partial charge in [0.2, 0.25) is 0 Å². The minimum Gasteiger partial charge on any atom is -0.319 e. The van der Waals surface area contributed by atoms with Gasteiger partial charge in [-0.25, -0.2) is 4.98 Å². The number of anilines is 1. The van der Waals surface area contributed by atoms with E-state index in [1.807, 2.05) is 18.2 Å². The number of rotatable bonds is 2. The molecule has 3 nitrogen and oxygen atoms in total. The van der Waals surface area contributed by atoms with Gasteiger partial charge in [-0.2, -0.15) is 0 Å². The summed E-state index contributed by atoms with van der Waals surface area (Å²) in [6.07, 6.45) is 0. The normalized spacial score (nSPS) is 10.3. The van der Waals surface area contributed by atoms with Crippen molar-refractivity contribution in [3.05, 3.63) is 55.1 Å². The molecular weight excluding hydrogens is 419 g/mol. The summed E-state index contributed by atoms with van der Waals surface area (Å²) in [5, 5.41) is 3.17. The molecule has 0 spiro atoms. The zero-order valence-electron chi connectivity index (χ0n) is 9.25. The van der Waals surface area contributed by atoms with E-state index >= 15 is 0 Å². The highest BCUT2D eigenvalue weighted by molar-refractivity contribution is 9.11. The Morgan fingerprint density at radius 2 is 1.74 bits per heavy atom. The van der Waals surface area contributed by atoms with Gasteiger partial charge in [-0.1, -0.05) is 29.3 Å². The van der Waals surface area contributed by atoms with Crippen molar-refractivity contribution >= 4 is 66.7 Å². The van der Waals surface area contributed by atoms with Gasteiger partial charge in [-0.3, -0.25) is 4.79 Å². The monoisotopic (exact) mass is 422 g/mol. The standard InChI is InChI=1S/C12H6Br2Cl2N2O/c13-6-2-1-3-7(14)10(6)18-12(19)11-8(15)4-5-9(16)17-11/h1-5H,(H,18,19). The average molecular weight is 425 g/mol. The number of hydrogen-bond acceptors (Lipinski definition) is 2. The van der Waals surface area contributed by atoms with Crippen molar-refractivity contribution < 1.29 is 4.79 Å². The average Bonchev–Trinajstić information content (AvgIpc) is 2.37. The van der Waals surface area contributed by atoms with E-state index in [2.05, 4.69) is 42.2 Å². The van der Waals surface area contributed by atoms with Crippen LogP contribution in [0.2, 0.25) is 10.2 Å². The first-order valence-electron chi connectivity index (χ1n) is 5.06. The van der Waals surface area contributed by atoms with Crippen molar-refractivity contribution in [3.63, 3.8) is 0 Å². The number of benzene rings is 1. The van der Waals surface area contributed by atoms with E-state index < -0.39 is 5.91 Å². The molecule has 1 aromatic carbocycles. The van der Waals surface area contributed by atoms with Crippen molar-refractivity contribution in [3.8, 4) is 0 Å². The maximum atomic E-state index is 12.1. The number of carbonyl (C=O) groups excluding carboxylic acids is 1. The molecule has 0 fully saturated rings. The van der Waals surface area contributed by atoms with Crippen LogP contribution in [0.15, 0.2) is 39.3 Å². The molecule has 0 saturated heterocycles. The molecule has 2 rings (SSSR count). The van der Waals surface area contributed by atoms with Gasteiger partial charge < -0.3 is 5.32 Å². The van der Waals surface area contributed by atoms with Crippen LogP contribution in [-0.4, -0.2) is 10.9 Å². The zero-order chi connectivity index (χ0) is 14.0. The van der Waals surface area contributed by atoms with Gasteiger partial charge in [0.15, 0.2) is 0 Å². The minimum atomic E-state index is -0.430. The summed E-state index contributed by atoms with van der Waals surface area (Å²) in [7, 11) is 0. The first kappa shape index (κ1) is 14.8. The molecular formula is C12H6Br2Cl2N2O. The van der Waals surface area contributed by atoms with Crippen molar-refractivity contribution in [2.75, 3.05) is 5.32 Å². The van der Waals surface area contributed by atoms with Crippen molar-refractivity contribution in [1.82, 2.24) is 4.98 Å². The summed E-state index contributed by atoms with van der Waals surface area (Å²) in [5.74, 6) is -0.430. The van der Waals surface area contributed by atoms with Gasteiger partial charge in [0.1, 0.15) is 10.8 Å². The lowest BCUT2D eigenvalue weighted by atomic mass is 10.3. The van der Waals surface area contributed by atoms with Crippen LogP contribution in [0.4, 0.5) is 5.69 Å². The Morgan fingerprint density at radius 3 is 2.37 bits per heavy atom. The summed E-state index contributed by atoms with van der Waals surface area (Å²) < 4.78 is 1.49. The minimum absolute atomic E-state index is 0.0804. The lowest BCUT2D eigenvalue weighted by molar-refractivity contribution is 0.102. The molecule has 2 aromatic rings. The molecule has 0 radical (unpaired) electrons. The van der Waals surface area contributed by atoms with E-state index in [4.69, 9.17) is 23.2 Å². The highest BCUT2D eigenvalue weighted by Crippen LogP contribution is 2.31. The number of pyridine rings is 1. The fourth-order valence-electron chi connectivity index (χ4n) is 1.37. The van der Waals surface area contributed by atoms with Gasteiger partial charge in [0.25, 0.3) is 5.91 Å². The van der Waals surface area contributed by atoms with Crippen LogP contribution in [0.3, 0.4) is 0 Å². The number of halogens is 4. The van der Waals surface area contributed by atoms with Crippen LogP contribution in [0.1, 0.15) is 10.5 Å². The second-order valence-corrected chi connectivity index (χ2v) is 6.02. The SMILES string of the molecule is O=C(Nc1c(Br)cccc1Br)c1nc(Cl)ccc1Cl.